The summed E-state index contributed by atoms with van der Waals surface area (Å²) in [5, 5.41) is 0. The number of fused-ring (bicyclic) bond motifs is 1. The first-order valence-electron chi connectivity index (χ1n) is 7.31. The fraction of sp³-hybridized carbons (Fsp3) is 0.588. The summed E-state index contributed by atoms with van der Waals surface area (Å²) in [5.41, 5.74) is 3.22. The molecule has 0 saturated heterocycles. The molecule has 1 heterocycles. The maximum Gasteiger partial charge on any atom is 0.199 e. The van der Waals surface area contributed by atoms with Crippen LogP contribution >= 0.6 is 0 Å². The van der Waals surface area contributed by atoms with Crippen molar-refractivity contribution in [2.75, 3.05) is 6.61 Å². The van der Waals surface area contributed by atoms with Gasteiger partial charge in [-0.2, -0.15) is 0 Å². The van der Waals surface area contributed by atoms with E-state index in [2.05, 4.69) is 19.6 Å². The predicted octanol–water partition coefficient (Wildman–Crippen LogP) is 3.63. The Morgan fingerprint density at radius 2 is 2.20 bits per heavy atom. The Balaban J connectivity index is 2.37. The molecule has 110 valence electrons. The summed E-state index contributed by atoms with van der Waals surface area (Å²) < 4.78 is 11.2. The van der Waals surface area contributed by atoms with Crippen LogP contribution in [-0.4, -0.2) is 18.7 Å². The molecule has 0 aromatic carbocycles. The van der Waals surface area contributed by atoms with Crippen LogP contribution in [0, 0.1) is 17.8 Å². The van der Waals surface area contributed by atoms with Crippen LogP contribution in [0.2, 0.25) is 0 Å². The first-order chi connectivity index (χ1) is 9.45. The molecule has 0 aromatic heterocycles. The highest BCUT2D eigenvalue weighted by molar-refractivity contribution is 5.81. The average Bonchev–Trinajstić information content (AvgIpc) is 2.39. The number of ketones is 1. The topological polar surface area (TPSA) is 35.5 Å². The summed E-state index contributed by atoms with van der Waals surface area (Å²) in [6, 6.07) is 0. The molecular weight excluding hydrogens is 252 g/mol. The number of carbonyl (C=O) groups is 1. The van der Waals surface area contributed by atoms with E-state index in [0.29, 0.717) is 12.5 Å². The predicted molar refractivity (Wildman–Crippen MR) is 78.9 cm³/mol. The Labute approximate surface area is 121 Å². The van der Waals surface area contributed by atoms with Crippen molar-refractivity contribution in [1.29, 1.82) is 0 Å². The van der Waals surface area contributed by atoms with Gasteiger partial charge in [0.05, 0.1) is 6.26 Å². The number of ether oxygens (including phenoxy) is 2. The van der Waals surface area contributed by atoms with Gasteiger partial charge in [0.15, 0.2) is 6.29 Å². The van der Waals surface area contributed by atoms with Crippen molar-refractivity contribution in [3.05, 3.63) is 35.6 Å². The lowest BCUT2D eigenvalue weighted by Crippen LogP contribution is -2.36. The quantitative estimate of drug-likeness (QED) is 0.786. The Morgan fingerprint density at radius 3 is 2.75 bits per heavy atom. The standard InChI is InChI=1S/C17H24O3/c1-6-19-17-8-15-11(4)14(12(5)18)7-13(10(2)3)16(15)9-20-17/h7,9,11,14-15,17H,2,6,8H2,1,3-5H3/t11-,14-,15+,17-/m1/s1. The third-order valence-corrected chi connectivity index (χ3v) is 4.33. The first-order valence-corrected chi connectivity index (χ1v) is 7.31. The molecule has 0 aromatic rings. The van der Waals surface area contributed by atoms with Crippen LogP contribution in [0.4, 0.5) is 0 Å². The lowest BCUT2D eigenvalue weighted by atomic mass is 9.67. The van der Waals surface area contributed by atoms with Crippen molar-refractivity contribution >= 4 is 5.78 Å². The van der Waals surface area contributed by atoms with Crippen LogP contribution in [-0.2, 0) is 14.3 Å². The number of Topliss-reactive ketones (excluding diaryl/α,β-unsaturated/α-hetero) is 1. The highest BCUT2D eigenvalue weighted by Crippen LogP contribution is 2.45. The van der Waals surface area contributed by atoms with Crippen molar-refractivity contribution in [3.63, 3.8) is 0 Å². The molecule has 0 fully saturated rings. The molecule has 0 N–H and O–H groups in total. The molecule has 0 bridgehead atoms. The summed E-state index contributed by atoms with van der Waals surface area (Å²) in [7, 11) is 0. The summed E-state index contributed by atoms with van der Waals surface area (Å²) in [5.74, 6) is 0.749. The van der Waals surface area contributed by atoms with Gasteiger partial charge in [-0.15, -0.1) is 0 Å². The average molecular weight is 276 g/mol. The van der Waals surface area contributed by atoms with E-state index in [9.17, 15) is 4.79 Å². The molecule has 3 nitrogen and oxygen atoms in total. The lowest BCUT2D eigenvalue weighted by molar-refractivity contribution is -0.130. The van der Waals surface area contributed by atoms with Gasteiger partial charge in [0.1, 0.15) is 5.78 Å². The zero-order valence-corrected chi connectivity index (χ0v) is 12.8. The van der Waals surface area contributed by atoms with E-state index in [1.54, 1.807) is 6.92 Å². The Morgan fingerprint density at radius 1 is 1.50 bits per heavy atom. The van der Waals surface area contributed by atoms with E-state index < -0.39 is 0 Å². The van der Waals surface area contributed by atoms with Gasteiger partial charge in [0.25, 0.3) is 0 Å². The molecule has 0 unspecified atom stereocenters. The minimum Gasteiger partial charge on any atom is -0.472 e. The molecule has 0 amide bonds. The summed E-state index contributed by atoms with van der Waals surface area (Å²) in [4.78, 5) is 11.9. The van der Waals surface area contributed by atoms with Gasteiger partial charge < -0.3 is 9.47 Å². The summed E-state index contributed by atoms with van der Waals surface area (Å²) in [6.07, 6.45) is 4.47. The summed E-state index contributed by atoms with van der Waals surface area (Å²) >= 11 is 0. The van der Waals surface area contributed by atoms with Crippen LogP contribution in [0.25, 0.3) is 0 Å². The lowest BCUT2D eigenvalue weighted by Gasteiger charge is -2.40. The molecule has 2 aliphatic rings. The highest BCUT2D eigenvalue weighted by atomic mass is 16.7. The van der Waals surface area contributed by atoms with Gasteiger partial charge in [-0.1, -0.05) is 25.2 Å². The van der Waals surface area contributed by atoms with E-state index in [1.165, 1.54) is 5.57 Å². The monoisotopic (exact) mass is 276 g/mol. The Kier molecular flexibility index (Phi) is 4.48. The normalized spacial score (nSPS) is 32.6. The first kappa shape index (κ1) is 15.0. The second kappa shape index (κ2) is 5.96. The number of hydrogen-bond donors (Lipinski definition) is 0. The van der Waals surface area contributed by atoms with Gasteiger partial charge in [-0.25, -0.2) is 0 Å². The van der Waals surface area contributed by atoms with Crippen molar-refractivity contribution < 1.29 is 14.3 Å². The highest BCUT2D eigenvalue weighted by Gasteiger charge is 2.39. The third-order valence-electron chi connectivity index (χ3n) is 4.33. The van der Waals surface area contributed by atoms with Gasteiger partial charge in [0.2, 0.25) is 0 Å². The molecule has 0 saturated carbocycles. The van der Waals surface area contributed by atoms with E-state index in [-0.39, 0.29) is 23.9 Å². The molecule has 1 aliphatic heterocycles. The molecule has 4 atom stereocenters. The van der Waals surface area contributed by atoms with Crippen molar-refractivity contribution in [2.24, 2.45) is 17.8 Å². The Bertz CT molecular complexity index is 473. The number of rotatable bonds is 4. The molecule has 20 heavy (non-hydrogen) atoms. The molecule has 1 aliphatic carbocycles. The minimum atomic E-state index is -0.201. The number of hydrogen-bond acceptors (Lipinski definition) is 3. The van der Waals surface area contributed by atoms with E-state index in [1.807, 2.05) is 20.1 Å². The van der Waals surface area contributed by atoms with Crippen LogP contribution in [0.15, 0.2) is 35.6 Å². The van der Waals surface area contributed by atoms with Gasteiger partial charge >= 0.3 is 0 Å². The maximum absolute atomic E-state index is 11.9. The summed E-state index contributed by atoms with van der Waals surface area (Å²) in [6.45, 7) is 12.4. The maximum atomic E-state index is 11.9. The number of carbonyl (C=O) groups excluding carboxylic acids is 1. The van der Waals surface area contributed by atoms with Crippen LogP contribution in [0.5, 0.6) is 0 Å². The van der Waals surface area contributed by atoms with Gasteiger partial charge in [0, 0.05) is 18.9 Å². The molecule has 0 spiro atoms. The van der Waals surface area contributed by atoms with Crippen molar-refractivity contribution in [2.45, 2.75) is 40.4 Å². The van der Waals surface area contributed by atoms with Crippen LogP contribution in [0.3, 0.4) is 0 Å². The molecule has 0 radical (unpaired) electrons. The van der Waals surface area contributed by atoms with Crippen LogP contribution < -0.4 is 0 Å². The smallest absolute Gasteiger partial charge is 0.199 e. The van der Waals surface area contributed by atoms with Crippen LogP contribution in [0.1, 0.15) is 34.1 Å². The zero-order valence-electron chi connectivity index (χ0n) is 12.8. The van der Waals surface area contributed by atoms with Crippen molar-refractivity contribution in [1.82, 2.24) is 0 Å². The van der Waals surface area contributed by atoms with Gasteiger partial charge in [-0.3, -0.25) is 4.79 Å². The van der Waals surface area contributed by atoms with E-state index in [4.69, 9.17) is 9.47 Å². The van der Waals surface area contributed by atoms with Gasteiger partial charge in [-0.05, 0) is 43.8 Å². The number of allylic oxidation sites excluding steroid dienone is 4. The molecule has 2 rings (SSSR count). The SMILES string of the molecule is C=C(C)C1=C[C@@H](C(C)=O)[C@@H](C)[C@@H]2C[C@H](OCC)OC=C12. The zero-order chi connectivity index (χ0) is 14.9. The largest absolute Gasteiger partial charge is 0.472 e. The second-order valence-electron chi connectivity index (χ2n) is 5.79. The second-order valence-corrected chi connectivity index (χ2v) is 5.79. The fourth-order valence-electron chi connectivity index (χ4n) is 3.23. The molecular formula is C17H24O3. The van der Waals surface area contributed by atoms with E-state index in [0.717, 1.165) is 17.6 Å². The third kappa shape index (κ3) is 2.73. The van der Waals surface area contributed by atoms with Crippen molar-refractivity contribution in [3.8, 4) is 0 Å². The minimum absolute atomic E-state index is 0.0378. The Hall–Kier alpha value is -1.35. The molecule has 3 heteroatoms. The van der Waals surface area contributed by atoms with E-state index >= 15 is 0 Å². The fourth-order valence-corrected chi connectivity index (χ4v) is 3.23.